The molecular weight excluding hydrogens is 278 g/mol. The van der Waals surface area contributed by atoms with E-state index < -0.39 is 0 Å². The van der Waals surface area contributed by atoms with Crippen molar-refractivity contribution in [2.45, 2.75) is 47.0 Å². The van der Waals surface area contributed by atoms with Crippen molar-refractivity contribution < 1.29 is 0 Å². The molecule has 23 heavy (non-hydrogen) atoms. The smallest absolute Gasteiger partial charge is 0.0284 e. The van der Waals surface area contributed by atoms with Crippen molar-refractivity contribution >= 4 is 11.8 Å². The van der Waals surface area contributed by atoms with E-state index in [1.807, 2.05) is 13.3 Å². The van der Waals surface area contributed by atoms with Crippen molar-refractivity contribution in [1.29, 1.82) is 0 Å². The Morgan fingerprint density at radius 2 is 1.83 bits per heavy atom. The third kappa shape index (κ3) is 7.27. The number of aliphatic imine (C=N–C) groups is 1. The largest absolute Gasteiger partial charge is 0.296 e. The lowest BCUT2D eigenvalue weighted by Gasteiger charge is -2.08. The van der Waals surface area contributed by atoms with Crippen LogP contribution < -0.4 is 0 Å². The summed E-state index contributed by atoms with van der Waals surface area (Å²) in [6.45, 7) is 8.75. The van der Waals surface area contributed by atoms with E-state index in [4.69, 9.17) is 0 Å². The molecule has 0 atom stereocenters. The van der Waals surface area contributed by atoms with Crippen LogP contribution in [0.15, 0.2) is 59.1 Å². The Kier molecular flexibility index (Phi) is 8.97. The van der Waals surface area contributed by atoms with E-state index in [9.17, 15) is 0 Å². The second-order valence-corrected chi connectivity index (χ2v) is 6.23. The number of allylic oxidation sites excluding steroid dienone is 6. The fourth-order valence-electron chi connectivity index (χ4n) is 2.61. The van der Waals surface area contributed by atoms with Gasteiger partial charge in [-0.1, -0.05) is 69.3 Å². The molecule has 0 saturated carbocycles. The van der Waals surface area contributed by atoms with Gasteiger partial charge in [0.05, 0.1) is 0 Å². The summed E-state index contributed by atoms with van der Waals surface area (Å²) in [7, 11) is 1.83. The lowest BCUT2D eigenvalue weighted by atomic mass is 9.98. The van der Waals surface area contributed by atoms with Crippen LogP contribution in [0.3, 0.4) is 0 Å². The average Bonchev–Trinajstić information content (AvgIpc) is 2.52. The number of rotatable bonds is 8. The molecule has 0 N–H and O–H groups in total. The van der Waals surface area contributed by atoms with Crippen LogP contribution in [0.25, 0.3) is 5.57 Å². The zero-order valence-corrected chi connectivity index (χ0v) is 15.3. The van der Waals surface area contributed by atoms with Gasteiger partial charge in [-0.3, -0.25) is 4.99 Å². The molecule has 0 aromatic heterocycles. The van der Waals surface area contributed by atoms with Gasteiger partial charge in [-0.25, -0.2) is 0 Å². The first-order valence-corrected chi connectivity index (χ1v) is 8.64. The molecular formula is C22H31N. The Hall–Kier alpha value is -1.89. The first-order chi connectivity index (χ1) is 11.1. The first kappa shape index (κ1) is 19.2. The van der Waals surface area contributed by atoms with Gasteiger partial charge < -0.3 is 0 Å². The highest BCUT2D eigenvalue weighted by Crippen LogP contribution is 2.18. The van der Waals surface area contributed by atoms with Crippen molar-refractivity contribution in [3.05, 3.63) is 65.3 Å². The van der Waals surface area contributed by atoms with Crippen LogP contribution in [-0.4, -0.2) is 13.3 Å². The minimum absolute atomic E-state index is 0.690. The summed E-state index contributed by atoms with van der Waals surface area (Å²) < 4.78 is 0. The molecule has 1 rings (SSSR count). The van der Waals surface area contributed by atoms with Crippen LogP contribution in [0.1, 0.15) is 51.7 Å². The van der Waals surface area contributed by atoms with Gasteiger partial charge in [-0.2, -0.15) is 0 Å². The Labute approximate surface area is 142 Å². The molecule has 0 radical (unpaired) electrons. The van der Waals surface area contributed by atoms with Crippen LogP contribution in [-0.2, 0) is 6.42 Å². The molecule has 0 spiro atoms. The molecule has 0 saturated heterocycles. The van der Waals surface area contributed by atoms with Gasteiger partial charge in [0, 0.05) is 13.3 Å². The van der Waals surface area contributed by atoms with Crippen LogP contribution in [0, 0.1) is 5.92 Å². The van der Waals surface area contributed by atoms with Gasteiger partial charge in [0.2, 0.25) is 0 Å². The normalized spacial score (nSPS) is 13.7. The molecule has 0 amide bonds. The van der Waals surface area contributed by atoms with E-state index in [2.05, 4.69) is 81.3 Å². The molecule has 0 aliphatic carbocycles. The molecule has 0 fully saturated rings. The molecule has 1 nitrogen and oxygen atoms in total. The van der Waals surface area contributed by atoms with Crippen molar-refractivity contribution in [2.24, 2.45) is 10.9 Å². The summed E-state index contributed by atoms with van der Waals surface area (Å²) in [6.07, 6.45) is 13.9. The van der Waals surface area contributed by atoms with Gasteiger partial charge in [-0.05, 0) is 54.4 Å². The Bertz CT molecular complexity index is 568. The van der Waals surface area contributed by atoms with E-state index in [0.29, 0.717) is 5.92 Å². The van der Waals surface area contributed by atoms with Crippen LogP contribution in [0.4, 0.5) is 0 Å². The number of hydrogen-bond donors (Lipinski definition) is 0. The van der Waals surface area contributed by atoms with Gasteiger partial charge in [0.15, 0.2) is 0 Å². The predicted octanol–water partition coefficient (Wildman–Crippen LogP) is 6.27. The van der Waals surface area contributed by atoms with Crippen molar-refractivity contribution in [1.82, 2.24) is 0 Å². The van der Waals surface area contributed by atoms with Gasteiger partial charge in [0.1, 0.15) is 0 Å². The summed E-state index contributed by atoms with van der Waals surface area (Å²) >= 11 is 0. The summed E-state index contributed by atoms with van der Waals surface area (Å²) in [5.41, 5.74) is 5.18. The second-order valence-electron chi connectivity index (χ2n) is 6.23. The SMILES string of the molecule is C/C=C\C(=C/CC)C/C=C(\C=NC)c1ccc(CC(C)C)cc1. The molecule has 1 aromatic rings. The highest BCUT2D eigenvalue weighted by Gasteiger charge is 2.02. The third-order valence-corrected chi connectivity index (χ3v) is 3.60. The quantitative estimate of drug-likeness (QED) is 0.396. The van der Waals surface area contributed by atoms with Crippen molar-refractivity contribution in [3.8, 4) is 0 Å². The molecule has 1 aromatic carbocycles. The Morgan fingerprint density at radius 1 is 1.13 bits per heavy atom. The van der Waals surface area contributed by atoms with Gasteiger partial charge >= 0.3 is 0 Å². The Balaban J connectivity index is 2.97. The topological polar surface area (TPSA) is 12.4 Å². The minimum Gasteiger partial charge on any atom is -0.296 e. The van der Waals surface area contributed by atoms with Gasteiger partial charge in [0.25, 0.3) is 0 Å². The molecule has 0 bridgehead atoms. The van der Waals surface area contributed by atoms with Crippen LogP contribution >= 0.6 is 0 Å². The van der Waals surface area contributed by atoms with Crippen LogP contribution in [0.5, 0.6) is 0 Å². The van der Waals surface area contributed by atoms with Crippen molar-refractivity contribution in [2.75, 3.05) is 7.05 Å². The first-order valence-electron chi connectivity index (χ1n) is 8.64. The molecule has 0 heterocycles. The lowest BCUT2D eigenvalue weighted by molar-refractivity contribution is 0.647. The fraction of sp³-hybridized carbons (Fsp3) is 0.409. The summed E-state index contributed by atoms with van der Waals surface area (Å²) in [6, 6.07) is 8.90. The summed E-state index contributed by atoms with van der Waals surface area (Å²) in [5, 5.41) is 0. The molecule has 0 aliphatic heterocycles. The highest BCUT2D eigenvalue weighted by atomic mass is 14.6. The number of nitrogens with zero attached hydrogens (tertiary/aromatic N) is 1. The minimum atomic E-state index is 0.690. The highest BCUT2D eigenvalue weighted by molar-refractivity contribution is 6.09. The molecule has 1 heteroatoms. The van der Waals surface area contributed by atoms with Crippen LogP contribution in [0.2, 0.25) is 0 Å². The van der Waals surface area contributed by atoms with E-state index >= 15 is 0 Å². The van der Waals surface area contributed by atoms with E-state index in [1.54, 1.807) is 0 Å². The monoisotopic (exact) mass is 309 g/mol. The number of benzene rings is 1. The maximum absolute atomic E-state index is 4.22. The molecule has 0 unspecified atom stereocenters. The fourth-order valence-corrected chi connectivity index (χ4v) is 2.61. The second kappa shape index (κ2) is 10.8. The zero-order chi connectivity index (χ0) is 17.1. The maximum atomic E-state index is 4.22. The van der Waals surface area contributed by atoms with E-state index in [0.717, 1.165) is 19.3 Å². The maximum Gasteiger partial charge on any atom is 0.0284 e. The molecule has 124 valence electrons. The van der Waals surface area contributed by atoms with Crippen molar-refractivity contribution in [3.63, 3.8) is 0 Å². The zero-order valence-electron chi connectivity index (χ0n) is 15.3. The predicted molar refractivity (Wildman–Crippen MR) is 105 cm³/mol. The van der Waals surface area contributed by atoms with E-state index in [1.165, 1.54) is 22.3 Å². The third-order valence-electron chi connectivity index (χ3n) is 3.60. The number of hydrogen-bond acceptors (Lipinski definition) is 1. The summed E-state index contributed by atoms with van der Waals surface area (Å²) in [5.74, 6) is 0.690. The molecule has 0 aliphatic rings. The average molecular weight is 309 g/mol. The lowest BCUT2D eigenvalue weighted by Crippen LogP contribution is -1.94. The van der Waals surface area contributed by atoms with Gasteiger partial charge in [-0.15, -0.1) is 0 Å². The van der Waals surface area contributed by atoms with E-state index in [-0.39, 0.29) is 0 Å². The standard InChI is InChI=1S/C22H31N/c1-6-8-19(9-7-2)10-15-22(17-23-5)21-13-11-20(12-14-21)16-18(3)4/h6,8-9,11-15,17-18H,7,10,16H2,1-5H3/b8-6-,19-9+,22-15+,23-17?. The summed E-state index contributed by atoms with van der Waals surface area (Å²) in [4.78, 5) is 4.22. The Morgan fingerprint density at radius 3 is 2.35 bits per heavy atom.